The molecule has 0 aliphatic carbocycles. The van der Waals surface area contributed by atoms with E-state index in [0.29, 0.717) is 0 Å². The van der Waals surface area contributed by atoms with Gasteiger partial charge in [0, 0.05) is 10.4 Å². The van der Waals surface area contributed by atoms with E-state index in [1.165, 1.54) is 0 Å². The molecule has 2 aliphatic heterocycles. The predicted molar refractivity (Wildman–Crippen MR) is 83.3 cm³/mol. The predicted octanol–water partition coefficient (Wildman–Crippen LogP) is 2.67. The number of nitrogens with zero attached hydrogens (tertiary/aromatic N) is 2. The summed E-state index contributed by atoms with van der Waals surface area (Å²) in [5, 5.41) is 3.81. The first-order valence-corrected chi connectivity index (χ1v) is 8.18. The van der Waals surface area contributed by atoms with Crippen molar-refractivity contribution in [1.29, 1.82) is 0 Å². The van der Waals surface area contributed by atoms with Gasteiger partial charge in [-0.3, -0.25) is 0 Å². The Labute approximate surface area is 128 Å². The van der Waals surface area contributed by atoms with E-state index in [0.717, 1.165) is 42.3 Å². The summed E-state index contributed by atoms with van der Waals surface area (Å²) in [4.78, 5) is 11.0. The minimum absolute atomic E-state index is 0.768. The van der Waals surface area contributed by atoms with Crippen LogP contribution in [0.15, 0.2) is 80.4 Å². The zero-order valence-corrected chi connectivity index (χ0v) is 12.3. The van der Waals surface area contributed by atoms with Crippen LogP contribution in [-0.2, 0) is 10.8 Å². The molecule has 0 saturated carbocycles. The number of benzene rings is 3. The SMILES string of the molecule is O=S1c2ccccc2N=c2c1ccc1c2=c2ccccc2=N1. The van der Waals surface area contributed by atoms with Crippen molar-refractivity contribution in [3.05, 3.63) is 81.8 Å². The fourth-order valence-corrected chi connectivity index (χ4v) is 4.30. The van der Waals surface area contributed by atoms with Crippen LogP contribution in [0.25, 0.3) is 0 Å². The molecule has 3 aromatic rings. The summed E-state index contributed by atoms with van der Waals surface area (Å²) < 4.78 is 12.8. The molecule has 4 heteroatoms. The Hall–Kier alpha value is -2.59. The zero-order valence-electron chi connectivity index (χ0n) is 11.5. The molecule has 2 heterocycles. The van der Waals surface area contributed by atoms with Crippen LogP contribution < -0.4 is 10.7 Å². The van der Waals surface area contributed by atoms with Gasteiger partial charge in [-0.1, -0.05) is 30.3 Å². The van der Waals surface area contributed by atoms with E-state index in [2.05, 4.69) is 4.99 Å². The molecule has 1 atom stereocenters. The second kappa shape index (κ2) is 4.21. The van der Waals surface area contributed by atoms with E-state index < -0.39 is 10.8 Å². The van der Waals surface area contributed by atoms with Crippen LogP contribution in [0.1, 0.15) is 0 Å². The maximum atomic E-state index is 12.8. The van der Waals surface area contributed by atoms with Crippen LogP contribution in [0.3, 0.4) is 0 Å². The van der Waals surface area contributed by atoms with Gasteiger partial charge in [-0.2, -0.15) is 0 Å². The first-order chi connectivity index (χ1) is 10.8. The molecule has 0 spiro atoms. The largest absolute Gasteiger partial charge is 0.249 e. The van der Waals surface area contributed by atoms with Crippen LogP contribution in [0.2, 0.25) is 0 Å². The summed E-state index contributed by atoms with van der Waals surface area (Å²) in [6.07, 6.45) is 0. The van der Waals surface area contributed by atoms with Gasteiger partial charge in [0.1, 0.15) is 0 Å². The molecular weight excluding hydrogens is 292 g/mol. The molecule has 0 aromatic heterocycles. The van der Waals surface area contributed by atoms with E-state index in [-0.39, 0.29) is 0 Å². The summed E-state index contributed by atoms with van der Waals surface area (Å²) in [5.74, 6) is 0. The Bertz CT molecular complexity index is 1200. The Morgan fingerprint density at radius 2 is 1.55 bits per heavy atom. The topological polar surface area (TPSA) is 41.8 Å². The van der Waals surface area contributed by atoms with Crippen molar-refractivity contribution in [2.75, 3.05) is 0 Å². The highest BCUT2D eigenvalue weighted by molar-refractivity contribution is 7.85. The van der Waals surface area contributed by atoms with Gasteiger partial charge in [0.15, 0.2) is 0 Å². The molecule has 0 amide bonds. The van der Waals surface area contributed by atoms with Crippen molar-refractivity contribution in [2.24, 2.45) is 9.98 Å². The summed E-state index contributed by atoms with van der Waals surface area (Å²) in [6, 6.07) is 19.5. The minimum Gasteiger partial charge on any atom is -0.249 e. The van der Waals surface area contributed by atoms with Crippen LogP contribution in [-0.4, -0.2) is 4.21 Å². The fraction of sp³-hybridized carbons (Fsp3) is 0. The molecule has 1 unspecified atom stereocenters. The summed E-state index contributed by atoms with van der Waals surface area (Å²) in [6.45, 7) is 0. The van der Waals surface area contributed by atoms with Gasteiger partial charge in [-0.15, -0.1) is 0 Å². The van der Waals surface area contributed by atoms with E-state index >= 15 is 0 Å². The molecule has 0 N–H and O–H groups in total. The van der Waals surface area contributed by atoms with E-state index in [9.17, 15) is 4.21 Å². The highest BCUT2D eigenvalue weighted by Crippen LogP contribution is 2.30. The Morgan fingerprint density at radius 3 is 2.50 bits per heavy atom. The lowest BCUT2D eigenvalue weighted by Gasteiger charge is -2.12. The second-order valence-electron chi connectivity index (χ2n) is 5.28. The third kappa shape index (κ3) is 1.47. The smallest absolute Gasteiger partial charge is 0.0903 e. The molecule has 0 fully saturated rings. The molecule has 0 bridgehead atoms. The van der Waals surface area contributed by atoms with Gasteiger partial charge in [-0.05, 0) is 30.3 Å². The Morgan fingerprint density at radius 1 is 0.727 bits per heavy atom. The maximum Gasteiger partial charge on any atom is 0.0903 e. The third-order valence-electron chi connectivity index (χ3n) is 4.03. The molecule has 3 aromatic carbocycles. The van der Waals surface area contributed by atoms with Gasteiger partial charge in [0.25, 0.3) is 0 Å². The van der Waals surface area contributed by atoms with E-state index in [1.54, 1.807) is 0 Å². The molecule has 3 nitrogen and oxygen atoms in total. The molecule has 104 valence electrons. The first-order valence-electron chi connectivity index (χ1n) is 7.03. The molecular formula is C18H10N2OS. The molecule has 0 radical (unpaired) electrons. The Balaban J connectivity index is 2.07. The maximum absolute atomic E-state index is 12.8. The number of fused-ring (bicyclic) bond motifs is 5. The van der Waals surface area contributed by atoms with Crippen molar-refractivity contribution in [1.82, 2.24) is 0 Å². The molecule has 5 rings (SSSR count). The summed E-state index contributed by atoms with van der Waals surface area (Å²) >= 11 is 0. The normalized spacial score (nSPS) is 16.6. The Kier molecular flexibility index (Phi) is 2.30. The van der Waals surface area contributed by atoms with Crippen LogP contribution in [0, 0.1) is 10.4 Å². The minimum atomic E-state index is -1.19. The van der Waals surface area contributed by atoms with Gasteiger partial charge in [-0.25, -0.2) is 14.2 Å². The summed E-state index contributed by atoms with van der Waals surface area (Å²) in [7, 11) is -1.19. The van der Waals surface area contributed by atoms with Crippen molar-refractivity contribution in [2.45, 2.75) is 9.79 Å². The number of para-hydroxylation sites is 2. The van der Waals surface area contributed by atoms with Crippen molar-refractivity contribution >= 4 is 22.2 Å². The van der Waals surface area contributed by atoms with Gasteiger partial charge < -0.3 is 0 Å². The van der Waals surface area contributed by atoms with Crippen LogP contribution in [0.4, 0.5) is 11.4 Å². The highest BCUT2D eigenvalue weighted by atomic mass is 32.2. The van der Waals surface area contributed by atoms with Crippen LogP contribution >= 0.6 is 0 Å². The number of hydrogen-bond donors (Lipinski definition) is 0. The lowest BCUT2D eigenvalue weighted by Crippen LogP contribution is -2.17. The average Bonchev–Trinajstić information content (AvgIpc) is 2.94. The van der Waals surface area contributed by atoms with Crippen molar-refractivity contribution in [3.8, 4) is 0 Å². The highest BCUT2D eigenvalue weighted by Gasteiger charge is 2.20. The summed E-state index contributed by atoms with van der Waals surface area (Å²) in [5.41, 5.74) is 1.69. The monoisotopic (exact) mass is 302 g/mol. The molecule has 0 saturated heterocycles. The molecule has 2 aliphatic rings. The van der Waals surface area contributed by atoms with Gasteiger partial charge in [0.2, 0.25) is 0 Å². The second-order valence-corrected chi connectivity index (χ2v) is 6.70. The fourth-order valence-electron chi connectivity index (χ4n) is 3.04. The average molecular weight is 302 g/mol. The van der Waals surface area contributed by atoms with Crippen molar-refractivity contribution < 1.29 is 4.21 Å². The lowest BCUT2D eigenvalue weighted by molar-refractivity contribution is 0.681. The van der Waals surface area contributed by atoms with E-state index in [1.807, 2.05) is 60.7 Å². The third-order valence-corrected chi connectivity index (χ3v) is 5.50. The standard InChI is InChI=1S/C18H10N2OS/c21-22-15-8-4-3-7-13(15)20-18-16(22)10-9-14-17(18)11-5-1-2-6-12(11)19-14/h1-10H. The zero-order chi connectivity index (χ0) is 14.7. The quantitative estimate of drug-likeness (QED) is 0.433. The first kappa shape index (κ1) is 12.0. The van der Waals surface area contributed by atoms with Crippen molar-refractivity contribution in [3.63, 3.8) is 0 Å². The van der Waals surface area contributed by atoms with E-state index in [4.69, 9.17) is 4.99 Å². The number of rotatable bonds is 0. The lowest BCUT2D eigenvalue weighted by atomic mass is 10.2. The molecule has 22 heavy (non-hydrogen) atoms. The van der Waals surface area contributed by atoms with Gasteiger partial charge in [0.05, 0.1) is 42.7 Å². The number of hydrogen-bond acceptors (Lipinski definition) is 3. The van der Waals surface area contributed by atoms with Gasteiger partial charge >= 0.3 is 0 Å². The van der Waals surface area contributed by atoms with Crippen LogP contribution in [0.5, 0.6) is 0 Å².